The van der Waals surface area contributed by atoms with Gasteiger partial charge in [-0.1, -0.05) is 6.58 Å². The van der Waals surface area contributed by atoms with Gasteiger partial charge < -0.3 is 25.7 Å². The Morgan fingerprint density at radius 1 is 1.26 bits per heavy atom. The van der Waals surface area contributed by atoms with Crippen LogP contribution in [-0.4, -0.2) is 75.3 Å². The van der Waals surface area contributed by atoms with Gasteiger partial charge in [-0.25, -0.2) is 0 Å². The zero-order chi connectivity index (χ0) is 20.9. The van der Waals surface area contributed by atoms with Crippen molar-refractivity contribution in [3.8, 4) is 0 Å². The van der Waals surface area contributed by atoms with E-state index < -0.39 is 5.54 Å². The summed E-state index contributed by atoms with van der Waals surface area (Å²) in [4.78, 5) is 42.4. The molecule has 1 aliphatic heterocycles. The van der Waals surface area contributed by atoms with Gasteiger partial charge in [0.1, 0.15) is 11.4 Å². The van der Waals surface area contributed by atoms with Crippen LogP contribution in [0.1, 0.15) is 12.8 Å². The summed E-state index contributed by atoms with van der Waals surface area (Å²) < 4.78 is 1.68. The highest BCUT2D eigenvalue weighted by Gasteiger charge is 2.42. The van der Waals surface area contributed by atoms with Gasteiger partial charge in [0, 0.05) is 39.4 Å². The second-order valence-electron chi connectivity index (χ2n) is 5.40. The summed E-state index contributed by atoms with van der Waals surface area (Å²) in [5.41, 5.74) is -0.735. The predicted molar refractivity (Wildman–Crippen MR) is 97.0 cm³/mol. The smallest absolute Gasteiger partial charge is 0.290 e. The number of carbonyl (C=O) groups is 4. The molecule has 0 aromatic carbocycles. The number of amides is 2. The molecular weight excluding hydrogens is 358 g/mol. The maximum Gasteiger partial charge on any atom is 0.290 e. The Labute approximate surface area is 156 Å². The lowest BCUT2D eigenvalue weighted by Gasteiger charge is -2.40. The fourth-order valence-electron chi connectivity index (χ4n) is 2.61. The van der Waals surface area contributed by atoms with Crippen LogP contribution in [0.5, 0.6) is 0 Å². The number of likely N-dealkylation sites (N-methyl/N-ethyl adjacent to an activating group) is 1. The van der Waals surface area contributed by atoms with E-state index in [-0.39, 0.29) is 24.8 Å². The van der Waals surface area contributed by atoms with Crippen molar-refractivity contribution in [2.45, 2.75) is 18.4 Å². The van der Waals surface area contributed by atoms with Crippen molar-refractivity contribution < 1.29 is 29.4 Å². The number of hydrogen-bond donors (Lipinski definition) is 4. The van der Waals surface area contributed by atoms with Gasteiger partial charge in [0.05, 0.1) is 0 Å². The molecule has 150 valence electrons. The summed E-state index contributed by atoms with van der Waals surface area (Å²) in [7, 11) is 3.44. The van der Waals surface area contributed by atoms with Crippen LogP contribution in [0.15, 0.2) is 24.9 Å². The minimum Gasteiger partial charge on any atom is -0.483 e. The average molecular weight is 383 g/mol. The fourth-order valence-corrected chi connectivity index (χ4v) is 2.61. The molecule has 1 saturated heterocycles. The number of hydrogen-bond acceptors (Lipinski definition) is 6. The Hall–Kier alpha value is -3.37. The normalized spacial score (nSPS) is 14.2. The first kappa shape index (κ1) is 23.6. The van der Waals surface area contributed by atoms with Crippen molar-refractivity contribution in [1.29, 1.82) is 0 Å². The molecule has 0 radical (unpaired) electrons. The zero-order valence-corrected chi connectivity index (χ0v) is 15.3. The van der Waals surface area contributed by atoms with Gasteiger partial charge in [-0.3, -0.25) is 23.9 Å². The number of carbonyl (C=O) groups excluding carboxylic acids is 2. The van der Waals surface area contributed by atoms with Gasteiger partial charge in [0.25, 0.3) is 12.9 Å². The molecule has 1 aliphatic rings. The second kappa shape index (κ2) is 12.1. The van der Waals surface area contributed by atoms with Gasteiger partial charge in [-0.15, -0.1) is 0 Å². The maximum atomic E-state index is 12.3. The molecule has 0 spiro atoms. The molecular formula is C16H25N5O6. The van der Waals surface area contributed by atoms with E-state index in [4.69, 9.17) is 19.8 Å². The first-order valence-corrected chi connectivity index (χ1v) is 7.91. The van der Waals surface area contributed by atoms with Crippen LogP contribution in [0, 0.1) is 0 Å². The molecule has 2 heterocycles. The highest BCUT2D eigenvalue weighted by atomic mass is 16.3. The Bertz CT molecular complexity index is 631. The van der Waals surface area contributed by atoms with Crippen LogP contribution >= 0.6 is 0 Å². The maximum absolute atomic E-state index is 12.3. The zero-order valence-electron chi connectivity index (χ0n) is 15.3. The standard InChI is InChI=1S/C14H21N5O2.2CH2O2/c1-4-12(20)19-9-6-14(7-10-19,13(21)15-2)16-11-5-8-18(3)17-11;2*2-1-3/h4-5,8H,1,6-7,9-10H2,2-3H3,(H,15,21)(H,16,17);2*1H,(H,2,3). The summed E-state index contributed by atoms with van der Waals surface area (Å²) >= 11 is 0. The molecule has 4 N–H and O–H groups in total. The van der Waals surface area contributed by atoms with Gasteiger partial charge in [0.15, 0.2) is 0 Å². The largest absolute Gasteiger partial charge is 0.483 e. The lowest BCUT2D eigenvalue weighted by Crippen LogP contribution is -2.58. The van der Waals surface area contributed by atoms with Crippen LogP contribution in [0.25, 0.3) is 0 Å². The van der Waals surface area contributed by atoms with Crippen LogP contribution in [0.2, 0.25) is 0 Å². The van der Waals surface area contributed by atoms with Crippen molar-refractivity contribution >= 4 is 30.6 Å². The molecule has 0 unspecified atom stereocenters. The van der Waals surface area contributed by atoms with Crippen LogP contribution in [0.4, 0.5) is 5.82 Å². The van der Waals surface area contributed by atoms with Crippen LogP contribution < -0.4 is 10.6 Å². The number of anilines is 1. The predicted octanol–water partition coefficient (Wildman–Crippen LogP) is -0.473. The molecule has 0 atom stereocenters. The summed E-state index contributed by atoms with van der Waals surface area (Å²) in [6.07, 6.45) is 4.18. The number of likely N-dealkylation sites (tertiary alicyclic amines) is 1. The fraction of sp³-hybridized carbons (Fsp3) is 0.438. The number of nitrogens with zero attached hydrogens (tertiary/aromatic N) is 3. The first-order chi connectivity index (χ1) is 12.8. The third kappa shape index (κ3) is 7.18. The second-order valence-corrected chi connectivity index (χ2v) is 5.40. The van der Waals surface area contributed by atoms with E-state index >= 15 is 0 Å². The number of carboxylic acid groups (broad SMARTS) is 2. The van der Waals surface area contributed by atoms with Crippen molar-refractivity contribution in [3.05, 3.63) is 24.9 Å². The summed E-state index contributed by atoms with van der Waals surface area (Å²) in [5, 5.41) is 24.0. The molecule has 2 amide bonds. The van der Waals surface area contributed by atoms with Crippen molar-refractivity contribution in [2.24, 2.45) is 7.05 Å². The van der Waals surface area contributed by atoms with E-state index in [1.54, 1.807) is 16.6 Å². The van der Waals surface area contributed by atoms with E-state index in [2.05, 4.69) is 22.3 Å². The van der Waals surface area contributed by atoms with E-state index in [1.807, 2.05) is 19.3 Å². The number of rotatable bonds is 4. The van der Waals surface area contributed by atoms with E-state index in [0.717, 1.165) is 0 Å². The van der Waals surface area contributed by atoms with Gasteiger partial charge in [-0.2, -0.15) is 5.10 Å². The Kier molecular flexibility index (Phi) is 10.6. The molecule has 1 aromatic rings. The third-order valence-electron chi connectivity index (χ3n) is 3.85. The van der Waals surface area contributed by atoms with E-state index in [9.17, 15) is 9.59 Å². The monoisotopic (exact) mass is 383 g/mol. The quantitative estimate of drug-likeness (QED) is 0.402. The topological polar surface area (TPSA) is 154 Å². The summed E-state index contributed by atoms with van der Waals surface area (Å²) in [5.74, 6) is 0.474. The Morgan fingerprint density at radius 3 is 2.15 bits per heavy atom. The average Bonchev–Trinajstić information content (AvgIpc) is 3.06. The number of aryl methyl sites for hydroxylation is 1. The summed E-state index contributed by atoms with van der Waals surface area (Å²) in [6, 6.07) is 1.83. The lowest BCUT2D eigenvalue weighted by molar-refractivity contribution is -0.132. The molecule has 0 aliphatic carbocycles. The highest BCUT2D eigenvalue weighted by Crippen LogP contribution is 2.27. The molecule has 11 heteroatoms. The minimum absolute atomic E-state index is 0.0844. The van der Waals surface area contributed by atoms with Gasteiger partial charge >= 0.3 is 0 Å². The van der Waals surface area contributed by atoms with Crippen molar-refractivity contribution in [3.63, 3.8) is 0 Å². The van der Waals surface area contributed by atoms with E-state index in [0.29, 0.717) is 31.7 Å². The molecule has 0 saturated carbocycles. The lowest BCUT2D eigenvalue weighted by atomic mass is 9.86. The van der Waals surface area contributed by atoms with Gasteiger partial charge in [-0.05, 0) is 18.9 Å². The highest BCUT2D eigenvalue weighted by molar-refractivity contribution is 5.90. The van der Waals surface area contributed by atoms with Crippen molar-refractivity contribution in [1.82, 2.24) is 20.0 Å². The SMILES string of the molecule is C=CC(=O)N1CCC(Nc2ccn(C)n2)(C(=O)NC)CC1.O=CO.O=CO. The molecule has 0 bridgehead atoms. The first-order valence-electron chi connectivity index (χ1n) is 7.91. The van der Waals surface area contributed by atoms with Crippen LogP contribution in [0.3, 0.4) is 0 Å². The molecule has 1 aromatic heterocycles. The van der Waals surface area contributed by atoms with Gasteiger partial charge in [0.2, 0.25) is 11.8 Å². The number of aromatic nitrogens is 2. The molecule has 11 nitrogen and oxygen atoms in total. The third-order valence-corrected chi connectivity index (χ3v) is 3.85. The molecule has 2 rings (SSSR count). The Balaban J connectivity index is 0.000000997. The Morgan fingerprint density at radius 2 is 1.78 bits per heavy atom. The molecule has 27 heavy (non-hydrogen) atoms. The van der Waals surface area contributed by atoms with Crippen LogP contribution in [-0.2, 0) is 26.2 Å². The van der Waals surface area contributed by atoms with Crippen molar-refractivity contribution in [2.75, 3.05) is 25.5 Å². The number of nitrogens with one attached hydrogen (secondary N) is 2. The minimum atomic E-state index is -0.735. The molecule has 1 fully saturated rings. The van der Waals surface area contributed by atoms with E-state index in [1.165, 1.54) is 6.08 Å². The summed E-state index contributed by atoms with van der Waals surface area (Å²) in [6.45, 7) is 4.02. The number of piperidine rings is 1.